The molecule has 182 valence electrons. The molecular weight excluding hydrogens is 447 g/mol. The summed E-state index contributed by atoms with van der Waals surface area (Å²) in [6.07, 6.45) is -1.83. The molecule has 2 aromatic rings. The normalized spacial score (nSPS) is 23.5. The first-order chi connectivity index (χ1) is 16.2. The van der Waals surface area contributed by atoms with Crippen LogP contribution in [0, 0.1) is 5.92 Å². The molecule has 0 N–H and O–H groups in total. The van der Waals surface area contributed by atoms with Gasteiger partial charge in [-0.1, -0.05) is 12.1 Å². The minimum Gasteiger partial charge on any atom is -0.406 e. The van der Waals surface area contributed by atoms with E-state index in [0.717, 1.165) is 62.3 Å². The lowest BCUT2D eigenvalue weighted by molar-refractivity contribution is -0.274. The van der Waals surface area contributed by atoms with Gasteiger partial charge in [-0.2, -0.15) is 0 Å². The number of hydrogen-bond acceptors (Lipinski definition) is 4. The van der Waals surface area contributed by atoms with Crippen molar-refractivity contribution < 1.29 is 22.7 Å². The van der Waals surface area contributed by atoms with Gasteiger partial charge in [0, 0.05) is 68.9 Å². The first kappa shape index (κ1) is 23.0. The highest BCUT2D eigenvalue weighted by Gasteiger charge is 2.39. The van der Waals surface area contributed by atoms with Crippen LogP contribution >= 0.6 is 0 Å². The van der Waals surface area contributed by atoms with E-state index in [0.29, 0.717) is 18.5 Å². The number of carbonyl (C=O) groups excluding carboxylic acids is 1. The van der Waals surface area contributed by atoms with Gasteiger partial charge in [0.25, 0.3) is 5.56 Å². The third-order valence-electron chi connectivity index (χ3n) is 7.44. The van der Waals surface area contributed by atoms with Crippen LogP contribution in [0.4, 0.5) is 13.2 Å². The highest BCUT2D eigenvalue weighted by atomic mass is 19.4. The maximum absolute atomic E-state index is 12.7. The molecule has 0 spiro atoms. The molecule has 3 aliphatic heterocycles. The van der Waals surface area contributed by atoms with Crippen LogP contribution in [0.15, 0.2) is 41.2 Å². The molecule has 0 radical (unpaired) electrons. The predicted molar refractivity (Wildman–Crippen MR) is 121 cm³/mol. The number of aromatic nitrogens is 1. The van der Waals surface area contributed by atoms with E-state index in [1.807, 2.05) is 9.47 Å². The van der Waals surface area contributed by atoms with Crippen molar-refractivity contribution in [2.24, 2.45) is 5.92 Å². The third kappa shape index (κ3) is 4.58. The van der Waals surface area contributed by atoms with Crippen LogP contribution in [0.5, 0.6) is 5.75 Å². The van der Waals surface area contributed by atoms with Crippen LogP contribution < -0.4 is 10.3 Å². The molecule has 2 fully saturated rings. The maximum atomic E-state index is 12.7. The maximum Gasteiger partial charge on any atom is 0.573 e. The van der Waals surface area contributed by atoms with E-state index in [1.165, 1.54) is 12.1 Å². The van der Waals surface area contributed by atoms with Crippen molar-refractivity contribution in [1.82, 2.24) is 14.4 Å². The summed E-state index contributed by atoms with van der Waals surface area (Å²) in [6.45, 7) is 5.60. The molecule has 0 saturated carbocycles. The van der Waals surface area contributed by atoms with Crippen molar-refractivity contribution >= 4 is 5.91 Å². The molecule has 1 aromatic heterocycles. The topological polar surface area (TPSA) is 54.8 Å². The zero-order valence-electron chi connectivity index (χ0n) is 19.1. The molecule has 0 unspecified atom stereocenters. The number of pyridine rings is 1. The lowest BCUT2D eigenvalue weighted by atomic mass is 9.79. The van der Waals surface area contributed by atoms with E-state index in [1.54, 1.807) is 31.2 Å². The fraction of sp³-hybridized carbons (Fsp3) is 0.520. The van der Waals surface area contributed by atoms with Gasteiger partial charge in [-0.15, -0.1) is 13.2 Å². The van der Waals surface area contributed by atoms with E-state index < -0.39 is 6.36 Å². The van der Waals surface area contributed by atoms with Crippen molar-refractivity contribution in [3.63, 3.8) is 0 Å². The average molecular weight is 476 g/mol. The van der Waals surface area contributed by atoms with Crippen LogP contribution in [0.2, 0.25) is 0 Å². The van der Waals surface area contributed by atoms with Crippen molar-refractivity contribution in [1.29, 1.82) is 0 Å². The third-order valence-corrected chi connectivity index (χ3v) is 7.44. The fourth-order valence-electron chi connectivity index (χ4n) is 5.98. The van der Waals surface area contributed by atoms with Gasteiger partial charge >= 0.3 is 6.36 Å². The van der Waals surface area contributed by atoms with E-state index in [-0.39, 0.29) is 23.1 Å². The fourth-order valence-corrected chi connectivity index (χ4v) is 5.98. The summed E-state index contributed by atoms with van der Waals surface area (Å²) in [5, 5.41) is 0. The Bertz CT molecular complexity index is 1120. The number of halogens is 3. The smallest absolute Gasteiger partial charge is 0.406 e. The monoisotopic (exact) mass is 475 g/mol. The molecule has 3 aliphatic rings. The van der Waals surface area contributed by atoms with Crippen molar-refractivity contribution in [2.75, 3.05) is 26.2 Å². The van der Waals surface area contributed by atoms with Gasteiger partial charge < -0.3 is 14.2 Å². The first-order valence-electron chi connectivity index (χ1n) is 11.8. The Morgan fingerprint density at radius 2 is 1.71 bits per heavy atom. The number of likely N-dealkylation sites (tertiary alicyclic amines) is 2. The van der Waals surface area contributed by atoms with Gasteiger partial charge in [-0.3, -0.25) is 14.5 Å². The molecule has 4 heterocycles. The van der Waals surface area contributed by atoms with Crippen molar-refractivity contribution in [3.8, 4) is 16.9 Å². The minimum absolute atomic E-state index is 0.0336. The number of amides is 1. The van der Waals surface area contributed by atoms with E-state index in [2.05, 4.69) is 9.64 Å². The van der Waals surface area contributed by atoms with Crippen molar-refractivity contribution in [2.45, 2.75) is 51.1 Å². The Kier molecular flexibility index (Phi) is 5.91. The molecule has 0 aliphatic carbocycles. The minimum atomic E-state index is -4.73. The number of fused-ring (bicyclic) bond motifs is 4. The summed E-state index contributed by atoms with van der Waals surface area (Å²) < 4.78 is 43.5. The van der Waals surface area contributed by atoms with Gasteiger partial charge in [-0.05, 0) is 48.9 Å². The molecule has 6 nitrogen and oxygen atoms in total. The summed E-state index contributed by atoms with van der Waals surface area (Å²) in [4.78, 5) is 28.9. The summed E-state index contributed by atoms with van der Waals surface area (Å²) >= 11 is 0. The van der Waals surface area contributed by atoms with Crippen LogP contribution in [-0.4, -0.2) is 58.9 Å². The Hall–Kier alpha value is -2.81. The lowest BCUT2D eigenvalue weighted by Crippen LogP contribution is -2.53. The summed E-state index contributed by atoms with van der Waals surface area (Å²) in [5.41, 5.74) is 2.59. The molecule has 2 saturated heterocycles. The van der Waals surface area contributed by atoms with Gasteiger partial charge in [0.05, 0.1) is 0 Å². The summed E-state index contributed by atoms with van der Waals surface area (Å²) in [6, 6.07) is 9.62. The van der Waals surface area contributed by atoms with Crippen LogP contribution in [-0.2, 0) is 11.3 Å². The number of alkyl halides is 3. The average Bonchev–Trinajstić information content (AvgIpc) is 2.79. The Labute approximate surface area is 195 Å². The SMILES string of the molecule is CC(=O)N1CCC(N2C[C@@H]3C[C@H](C2)c2c(-c4ccc(OC(F)(F)F)cc4)ccc(=O)n2C3)CC1. The second kappa shape index (κ2) is 8.76. The van der Waals surface area contributed by atoms with Gasteiger partial charge in [0.2, 0.25) is 5.91 Å². The van der Waals surface area contributed by atoms with Gasteiger partial charge in [0.1, 0.15) is 5.75 Å². The standard InChI is InChI=1S/C25H28F3N3O3/c1-16(32)29-10-8-20(9-11-29)30-13-17-12-19(15-30)24-22(6-7-23(33)31(24)14-17)18-2-4-21(5-3-18)34-25(26,27)28/h2-7,17,19-20H,8-15H2,1H3/t17-,19+/m0/s1. The quantitative estimate of drug-likeness (QED) is 0.677. The van der Waals surface area contributed by atoms with Crippen molar-refractivity contribution in [3.05, 3.63) is 52.4 Å². The van der Waals surface area contributed by atoms with E-state index in [4.69, 9.17) is 0 Å². The largest absolute Gasteiger partial charge is 0.573 e. The Morgan fingerprint density at radius 1 is 1.00 bits per heavy atom. The number of ether oxygens (including phenoxy) is 1. The molecular formula is C25H28F3N3O3. The van der Waals surface area contributed by atoms with Gasteiger partial charge in [0.15, 0.2) is 0 Å². The Balaban J connectivity index is 1.41. The summed E-state index contributed by atoms with van der Waals surface area (Å²) in [5.74, 6) is 0.415. The van der Waals surface area contributed by atoms with E-state index in [9.17, 15) is 22.8 Å². The van der Waals surface area contributed by atoms with Gasteiger partial charge in [-0.25, -0.2) is 0 Å². The zero-order valence-corrected chi connectivity index (χ0v) is 19.1. The number of piperidine rings is 2. The molecule has 9 heteroatoms. The molecule has 1 aromatic carbocycles. The van der Waals surface area contributed by atoms with E-state index >= 15 is 0 Å². The highest BCUT2D eigenvalue weighted by molar-refractivity contribution is 5.73. The molecule has 1 amide bonds. The number of hydrogen-bond donors (Lipinski definition) is 0. The molecule has 2 bridgehead atoms. The number of carbonyl (C=O) groups is 1. The lowest BCUT2D eigenvalue weighted by Gasteiger charge is -2.48. The number of nitrogens with zero attached hydrogens (tertiary/aromatic N) is 3. The number of benzene rings is 1. The second-order valence-electron chi connectivity index (χ2n) is 9.64. The molecule has 5 rings (SSSR count). The molecule has 2 atom stereocenters. The highest BCUT2D eigenvalue weighted by Crippen LogP contribution is 2.41. The number of rotatable bonds is 3. The first-order valence-corrected chi connectivity index (χ1v) is 11.8. The molecule has 34 heavy (non-hydrogen) atoms. The Morgan fingerprint density at radius 3 is 2.35 bits per heavy atom. The summed E-state index contributed by atoms with van der Waals surface area (Å²) in [7, 11) is 0. The van der Waals surface area contributed by atoms with Crippen LogP contribution in [0.1, 0.15) is 37.8 Å². The predicted octanol–water partition coefficient (Wildman–Crippen LogP) is 3.84. The van der Waals surface area contributed by atoms with Crippen LogP contribution in [0.25, 0.3) is 11.1 Å². The van der Waals surface area contributed by atoms with Crippen LogP contribution in [0.3, 0.4) is 0 Å². The zero-order chi connectivity index (χ0) is 24.0. The second-order valence-corrected chi connectivity index (χ2v) is 9.64.